The molecular weight excluding hydrogens is 206 g/mol. The molecule has 1 aromatic heterocycles. The number of hydrogen-bond donors (Lipinski definition) is 1. The second kappa shape index (κ2) is 4.65. The molecule has 0 saturated carbocycles. The summed E-state index contributed by atoms with van der Waals surface area (Å²) in [6.07, 6.45) is 5.32. The van der Waals surface area contributed by atoms with Gasteiger partial charge in [-0.1, -0.05) is 0 Å². The van der Waals surface area contributed by atoms with Crippen LogP contribution in [-0.2, 0) is 4.79 Å². The Hall–Kier alpha value is -1.36. The molecule has 1 fully saturated rings. The molecule has 5 heteroatoms. The number of carbonyl (C=O) groups is 1. The van der Waals surface area contributed by atoms with Crippen LogP contribution in [-0.4, -0.2) is 44.9 Å². The molecule has 1 aliphatic rings. The molecule has 5 nitrogen and oxygen atoms in total. The molecule has 0 radical (unpaired) electrons. The number of amides is 1. The highest BCUT2D eigenvalue weighted by Crippen LogP contribution is 2.20. The van der Waals surface area contributed by atoms with Crippen molar-refractivity contribution in [1.29, 1.82) is 0 Å². The van der Waals surface area contributed by atoms with Crippen LogP contribution in [0.2, 0.25) is 0 Å². The monoisotopic (exact) mass is 223 g/mol. The van der Waals surface area contributed by atoms with Crippen LogP contribution >= 0.6 is 0 Å². The van der Waals surface area contributed by atoms with Crippen molar-refractivity contribution in [3.8, 4) is 0 Å². The first-order valence-electron chi connectivity index (χ1n) is 5.64. The van der Waals surface area contributed by atoms with Gasteiger partial charge in [0.25, 0.3) is 0 Å². The number of carbonyl (C=O) groups excluding carboxylic acids is 1. The van der Waals surface area contributed by atoms with Crippen molar-refractivity contribution in [1.82, 2.24) is 14.7 Å². The summed E-state index contributed by atoms with van der Waals surface area (Å²) in [7, 11) is 0. The molecule has 0 bridgehead atoms. The minimum Gasteiger partial charge on any atom is -0.394 e. The topological polar surface area (TPSA) is 58.4 Å². The van der Waals surface area contributed by atoms with E-state index < -0.39 is 0 Å². The standard InChI is InChI=1S/C11H17N3O2/c1-9(14-7-3-5-12-14)11(16)13-6-2-4-10(13)8-15/h3,5,7,9-10,15H,2,4,6,8H2,1H3. The van der Waals surface area contributed by atoms with E-state index in [1.807, 2.05) is 6.92 Å². The first kappa shape index (κ1) is 11.1. The molecule has 0 aliphatic carbocycles. The quantitative estimate of drug-likeness (QED) is 0.808. The highest BCUT2D eigenvalue weighted by molar-refractivity contribution is 5.80. The fourth-order valence-corrected chi connectivity index (χ4v) is 2.18. The highest BCUT2D eigenvalue weighted by Gasteiger charge is 2.31. The molecule has 2 unspecified atom stereocenters. The van der Waals surface area contributed by atoms with Crippen LogP contribution in [0.25, 0.3) is 0 Å². The molecule has 1 saturated heterocycles. The SMILES string of the molecule is CC(C(=O)N1CCCC1CO)n1cccn1. The van der Waals surface area contributed by atoms with Crippen molar-refractivity contribution < 1.29 is 9.90 Å². The summed E-state index contributed by atoms with van der Waals surface area (Å²) in [5, 5.41) is 13.2. The normalized spacial score (nSPS) is 22.4. The van der Waals surface area contributed by atoms with Gasteiger partial charge in [-0.05, 0) is 25.8 Å². The maximum atomic E-state index is 12.2. The third-order valence-electron chi connectivity index (χ3n) is 3.15. The van der Waals surface area contributed by atoms with Crippen LogP contribution in [0.3, 0.4) is 0 Å². The van der Waals surface area contributed by atoms with Crippen molar-refractivity contribution >= 4 is 5.91 Å². The van der Waals surface area contributed by atoms with Crippen LogP contribution in [0.5, 0.6) is 0 Å². The van der Waals surface area contributed by atoms with Gasteiger partial charge in [0, 0.05) is 18.9 Å². The average Bonchev–Trinajstić information content (AvgIpc) is 2.97. The van der Waals surface area contributed by atoms with E-state index in [0.29, 0.717) is 0 Å². The van der Waals surface area contributed by atoms with Gasteiger partial charge >= 0.3 is 0 Å². The summed E-state index contributed by atoms with van der Waals surface area (Å²) in [5.74, 6) is 0.0419. The fourth-order valence-electron chi connectivity index (χ4n) is 2.18. The van der Waals surface area contributed by atoms with E-state index in [0.717, 1.165) is 19.4 Å². The number of likely N-dealkylation sites (tertiary alicyclic amines) is 1. The van der Waals surface area contributed by atoms with Gasteiger partial charge in [-0.15, -0.1) is 0 Å². The van der Waals surface area contributed by atoms with Gasteiger partial charge in [0.05, 0.1) is 12.6 Å². The van der Waals surface area contributed by atoms with Gasteiger partial charge < -0.3 is 10.0 Å². The van der Waals surface area contributed by atoms with Crippen LogP contribution in [0.15, 0.2) is 18.5 Å². The van der Waals surface area contributed by atoms with Gasteiger partial charge in [-0.2, -0.15) is 5.10 Å². The molecule has 0 aromatic carbocycles. The Balaban J connectivity index is 2.07. The summed E-state index contributed by atoms with van der Waals surface area (Å²) < 4.78 is 1.65. The maximum absolute atomic E-state index is 12.2. The molecule has 2 atom stereocenters. The van der Waals surface area contributed by atoms with Crippen molar-refractivity contribution in [2.24, 2.45) is 0 Å². The Kier molecular flexibility index (Phi) is 3.24. The highest BCUT2D eigenvalue weighted by atomic mass is 16.3. The van der Waals surface area contributed by atoms with E-state index in [1.165, 1.54) is 0 Å². The Morgan fingerprint density at radius 3 is 3.12 bits per heavy atom. The summed E-state index contributed by atoms with van der Waals surface area (Å²) in [6, 6.07) is 1.50. The molecule has 88 valence electrons. The summed E-state index contributed by atoms with van der Waals surface area (Å²) >= 11 is 0. The number of aliphatic hydroxyl groups excluding tert-OH is 1. The third kappa shape index (κ3) is 1.95. The average molecular weight is 223 g/mol. The third-order valence-corrected chi connectivity index (χ3v) is 3.15. The van der Waals surface area contributed by atoms with Gasteiger partial charge in [0.2, 0.25) is 5.91 Å². The van der Waals surface area contributed by atoms with Gasteiger partial charge in [0.1, 0.15) is 6.04 Å². The lowest BCUT2D eigenvalue weighted by atomic mass is 10.2. The number of aromatic nitrogens is 2. The van der Waals surface area contributed by atoms with Crippen molar-refractivity contribution in [2.45, 2.75) is 31.8 Å². The largest absolute Gasteiger partial charge is 0.394 e. The minimum atomic E-state index is -0.290. The number of hydrogen-bond acceptors (Lipinski definition) is 3. The van der Waals surface area contributed by atoms with Crippen LogP contribution < -0.4 is 0 Å². The lowest BCUT2D eigenvalue weighted by Crippen LogP contribution is -2.41. The molecular formula is C11H17N3O2. The zero-order valence-corrected chi connectivity index (χ0v) is 9.41. The first-order chi connectivity index (χ1) is 7.74. The van der Waals surface area contributed by atoms with Gasteiger partial charge in [-0.3, -0.25) is 9.48 Å². The predicted octanol–water partition coefficient (Wildman–Crippen LogP) is 0.427. The molecule has 2 rings (SSSR count). The second-order valence-corrected chi connectivity index (χ2v) is 4.17. The van der Waals surface area contributed by atoms with E-state index in [4.69, 9.17) is 0 Å². The minimum absolute atomic E-state index is 0.00878. The van der Waals surface area contributed by atoms with E-state index in [2.05, 4.69) is 5.10 Å². The zero-order chi connectivity index (χ0) is 11.5. The fraction of sp³-hybridized carbons (Fsp3) is 0.636. The molecule has 2 heterocycles. The van der Waals surface area contributed by atoms with Crippen LogP contribution in [0.4, 0.5) is 0 Å². The Labute approximate surface area is 94.7 Å². The lowest BCUT2D eigenvalue weighted by molar-refractivity contribution is -0.136. The second-order valence-electron chi connectivity index (χ2n) is 4.17. The van der Waals surface area contributed by atoms with Crippen LogP contribution in [0.1, 0.15) is 25.8 Å². The molecule has 0 spiro atoms. The molecule has 1 amide bonds. The van der Waals surface area contributed by atoms with Crippen LogP contribution in [0, 0.1) is 0 Å². The predicted molar refractivity (Wildman–Crippen MR) is 58.8 cm³/mol. The summed E-state index contributed by atoms with van der Waals surface area (Å²) in [6.45, 7) is 2.63. The lowest BCUT2D eigenvalue weighted by Gasteiger charge is -2.26. The van der Waals surface area contributed by atoms with Gasteiger partial charge in [-0.25, -0.2) is 0 Å². The molecule has 1 aromatic rings. The van der Waals surface area contributed by atoms with E-state index >= 15 is 0 Å². The molecule has 1 aliphatic heterocycles. The first-order valence-corrected chi connectivity index (χ1v) is 5.64. The number of aliphatic hydroxyl groups is 1. The Morgan fingerprint density at radius 2 is 2.50 bits per heavy atom. The number of rotatable bonds is 3. The summed E-state index contributed by atoms with van der Waals surface area (Å²) in [4.78, 5) is 13.9. The van der Waals surface area contributed by atoms with Crippen molar-refractivity contribution in [2.75, 3.05) is 13.2 Å². The van der Waals surface area contributed by atoms with Crippen molar-refractivity contribution in [3.63, 3.8) is 0 Å². The van der Waals surface area contributed by atoms with E-state index in [1.54, 1.807) is 28.0 Å². The molecule has 1 N–H and O–H groups in total. The maximum Gasteiger partial charge on any atom is 0.247 e. The number of nitrogens with zero attached hydrogens (tertiary/aromatic N) is 3. The van der Waals surface area contributed by atoms with E-state index in [-0.39, 0.29) is 24.6 Å². The van der Waals surface area contributed by atoms with Crippen molar-refractivity contribution in [3.05, 3.63) is 18.5 Å². The zero-order valence-electron chi connectivity index (χ0n) is 9.41. The Morgan fingerprint density at radius 1 is 1.69 bits per heavy atom. The van der Waals surface area contributed by atoms with E-state index in [9.17, 15) is 9.90 Å². The summed E-state index contributed by atoms with van der Waals surface area (Å²) in [5.41, 5.74) is 0. The Bertz CT molecular complexity index is 350. The van der Waals surface area contributed by atoms with Gasteiger partial charge in [0.15, 0.2) is 0 Å². The smallest absolute Gasteiger partial charge is 0.247 e. The molecule has 16 heavy (non-hydrogen) atoms.